The summed E-state index contributed by atoms with van der Waals surface area (Å²) in [6, 6.07) is 13.2. The summed E-state index contributed by atoms with van der Waals surface area (Å²) in [5.41, 5.74) is 5.74. The number of aromatic nitrogens is 2. The maximum atomic E-state index is 11.3. The molecule has 0 aliphatic carbocycles. The Morgan fingerprint density at radius 2 is 1.86 bits per heavy atom. The van der Waals surface area contributed by atoms with Gasteiger partial charge in [-0.05, 0) is 36.4 Å². The highest BCUT2D eigenvalue weighted by Crippen LogP contribution is 2.28. The van der Waals surface area contributed by atoms with Crippen molar-refractivity contribution in [3.05, 3.63) is 64.8 Å². The summed E-state index contributed by atoms with van der Waals surface area (Å²) in [4.78, 5) is 29.8. The van der Waals surface area contributed by atoms with E-state index in [1.807, 2.05) is 0 Å². The van der Waals surface area contributed by atoms with Crippen molar-refractivity contribution in [2.75, 3.05) is 17.7 Å². The van der Waals surface area contributed by atoms with E-state index in [9.17, 15) is 14.9 Å². The molecule has 148 valence electrons. The van der Waals surface area contributed by atoms with Gasteiger partial charge in [0.1, 0.15) is 17.7 Å². The number of methoxy groups -OCH3 is 1. The first kappa shape index (κ1) is 19.4. The molecule has 11 heteroatoms. The first-order valence-corrected chi connectivity index (χ1v) is 8.21. The molecule has 0 saturated heterocycles. The Labute approximate surface area is 164 Å². The third kappa shape index (κ3) is 5.07. The number of nitro groups is 1. The van der Waals surface area contributed by atoms with E-state index in [0.29, 0.717) is 17.1 Å². The molecule has 29 heavy (non-hydrogen) atoms. The highest BCUT2D eigenvalue weighted by molar-refractivity contribution is 5.71. The van der Waals surface area contributed by atoms with Crippen LogP contribution in [0.5, 0.6) is 11.5 Å². The maximum absolute atomic E-state index is 11.3. The molecule has 4 N–H and O–H groups in total. The van der Waals surface area contributed by atoms with Gasteiger partial charge in [-0.3, -0.25) is 10.1 Å². The minimum Gasteiger partial charge on any atom is -0.497 e. The van der Waals surface area contributed by atoms with Gasteiger partial charge in [-0.2, -0.15) is 4.98 Å². The second-order valence-corrected chi connectivity index (χ2v) is 5.61. The monoisotopic (exact) mass is 396 g/mol. The summed E-state index contributed by atoms with van der Waals surface area (Å²) in [7, 11) is 1.56. The smallest absolute Gasteiger partial charge is 0.409 e. The molecule has 3 aromatic rings. The number of rotatable bonds is 7. The van der Waals surface area contributed by atoms with Gasteiger partial charge < -0.3 is 25.8 Å². The second-order valence-electron chi connectivity index (χ2n) is 5.61. The standard InChI is InChI=1S/C18H16N6O5/c1-28-13-7-5-11(6-8-13)22-18-20-10-15(24(26)27)16(23-18)21-12-3-2-4-14(9-12)29-17(19)25/h2-10H,1H3,(H2,19,25)(H2,20,21,22,23). The summed E-state index contributed by atoms with van der Waals surface area (Å²) in [5, 5.41) is 17.1. The van der Waals surface area contributed by atoms with Gasteiger partial charge in [0.05, 0.1) is 12.0 Å². The van der Waals surface area contributed by atoms with Crippen molar-refractivity contribution in [3.63, 3.8) is 0 Å². The minimum atomic E-state index is -0.971. The van der Waals surface area contributed by atoms with Crippen molar-refractivity contribution < 1.29 is 19.2 Å². The SMILES string of the molecule is COc1ccc(Nc2ncc([N+](=O)[O-])c(Nc3cccc(OC(N)=O)c3)n2)cc1. The van der Waals surface area contributed by atoms with Crippen LogP contribution in [0.15, 0.2) is 54.7 Å². The van der Waals surface area contributed by atoms with Gasteiger partial charge >= 0.3 is 11.8 Å². The largest absolute Gasteiger partial charge is 0.497 e. The molecule has 1 amide bonds. The first-order valence-electron chi connectivity index (χ1n) is 8.21. The highest BCUT2D eigenvalue weighted by atomic mass is 16.6. The molecule has 0 bridgehead atoms. The summed E-state index contributed by atoms with van der Waals surface area (Å²) in [6.07, 6.45) is 0.117. The average Bonchev–Trinajstić information content (AvgIpc) is 2.68. The molecule has 11 nitrogen and oxygen atoms in total. The topological polar surface area (TPSA) is 155 Å². The van der Waals surface area contributed by atoms with E-state index in [2.05, 4.69) is 20.6 Å². The van der Waals surface area contributed by atoms with Crippen molar-refractivity contribution in [2.45, 2.75) is 0 Å². The van der Waals surface area contributed by atoms with E-state index >= 15 is 0 Å². The van der Waals surface area contributed by atoms with Crippen molar-refractivity contribution in [1.82, 2.24) is 9.97 Å². The molecule has 1 aromatic heterocycles. The van der Waals surface area contributed by atoms with Crippen LogP contribution >= 0.6 is 0 Å². The Balaban J connectivity index is 1.87. The molecule has 0 aliphatic rings. The quantitative estimate of drug-likeness (QED) is 0.403. The van der Waals surface area contributed by atoms with E-state index in [4.69, 9.17) is 15.2 Å². The molecule has 0 fully saturated rings. The molecule has 0 spiro atoms. The van der Waals surface area contributed by atoms with Crippen molar-refractivity contribution in [3.8, 4) is 11.5 Å². The van der Waals surface area contributed by atoms with Crippen molar-refractivity contribution >= 4 is 34.9 Å². The lowest BCUT2D eigenvalue weighted by atomic mass is 10.3. The lowest BCUT2D eigenvalue weighted by Gasteiger charge is -2.10. The van der Waals surface area contributed by atoms with E-state index in [1.54, 1.807) is 43.5 Å². The van der Waals surface area contributed by atoms with Gasteiger partial charge in [0, 0.05) is 17.4 Å². The number of hydrogen-bond acceptors (Lipinski definition) is 9. The predicted octanol–water partition coefficient (Wildman–Crippen LogP) is 3.34. The van der Waals surface area contributed by atoms with Gasteiger partial charge in [0.25, 0.3) is 0 Å². The van der Waals surface area contributed by atoms with E-state index in [-0.39, 0.29) is 23.2 Å². The molecular weight excluding hydrogens is 380 g/mol. The van der Waals surface area contributed by atoms with Crippen molar-refractivity contribution in [2.24, 2.45) is 5.73 Å². The number of carbonyl (C=O) groups excluding carboxylic acids is 1. The van der Waals surface area contributed by atoms with E-state index in [1.165, 1.54) is 12.1 Å². The molecule has 3 rings (SSSR count). The van der Waals surface area contributed by atoms with Crippen LogP contribution in [0, 0.1) is 10.1 Å². The predicted molar refractivity (Wildman–Crippen MR) is 105 cm³/mol. The number of benzene rings is 2. The fourth-order valence-corrected chi connectivity index (χ4v) is 2.35. The average molecular weight is 396 g/mol. The van der Waals surface area contributed by atoms with Crippen LogP contribution in [0.4, 0.5) is 33.6 Å². The lowest BCUT2D eigenvalue weighted by Crippen LogP contribution is -2.16. The van der Waals surface area contributed by atoms with Gasteiger partial charge in [-0.25, -0.2) is 9.78 Å². The Kier molecular flexibility index (Phi) is 5.69. The zero-order chi connectivity index (χ0) is 20.8. The van der Waals surface area contributed by atoms with Gasteiger partial charge in [0.2, 0.25) is 11.8 Å². The highest BCUT2D eigenvalue weighted by Gasteiger charge is 2.18. The van der Waals surface area contributed by atoms with Crippen LogP contribution in [0.2, 0.25) is 0 Å². The van der Waals surface area contributed by atoms with Crippen molar-refractivity contribution in [1.29, 1.82) is 0 Å². The van der Waals surface area contributed by atoms with E-state index < -0.39 is 11.0 Å². The number of hydrogen-bond donors (Lipinski definition) is 3. The van der Waals surface area contributed by atoms with Crippen LogP contribution in [0.25, 0.3) is 0 Å². The summed E-state index contributed by atoms with van der Waals surface area (Å²) in [5.74, 6) is 0.960. The molecule has 0 unspecified atom stereocenters. The van der Waals surface area contributed by atoms with Gasteiger partial charge in [-0.15, -0.1) is 0 Å². The molecule has 0 radical (unpaired) electrons. The Hall–Kier alpha value is -4.41. The number of carbonyl (C=O) groups is 1. The van der Waals surface area contributed by atoms with Crippen LogP contribution in [-0.2, 0) is 0 Å². The third-order valence-electron chi connectivity index (χ3n) is 3.63. The van der Waals surface area contributed by atoms with E-state index in [0.717, 1.165) is 6.20 Å². The number of nitrogens with one attached hydrogen (secondary N) is 2. The fraction of sp³-hybridized carbons (Fsp3) is 0.0556. The van der Waals surface area contributed by atoms with Gasteiger partial charge in [-0.1, -0.05) is 6.07 Å². The number of ether oxygens (including phenoxy) is 2. The number of anilines is 4. The number of nitrogens with zero attached hydrogens (tertiary/aromatic N) is 3. The molecule has 0 saturated carbocycles. The Bertz CT molecular complexity index is 1040. The number of primary amides is 1. The molecule has 0 aliphatic heterocycles. The van der Waals surface area contributed by atoms with Crippen LogP contribution < -0.4 is 25.8 Å². The molecule has 2 aromatic carbocycles. The molecule has 0 atom stereocenters. The number of amides is 1. The second kappa shape index (κ2) is 8.52. The summed E-state index contributed by atoms with van der Waals surface area (Å²) < 4.78 is 9.90. The normalized spacial score (nSPS) is 10.1. The zero-order valence-electron chi connectivity index (χ0n) is 15.2. The van der Waals surface area contributed by atoms with Gasteiger partial charge in [0.15, 0.2) is 0 Å². The minimum absolute atomic E-state index is 0.0442. The zero-order valence-corrected chi connectivity index (χ0v) is 15.2. The van der Waals surface area contributed by atoms with Crippen LogP contribution in [0.3, 0.4) is 0 Å². The maximum Gasteiger partial charge on any atom is 0.409 e. The molecular formula is C18H16N6O5. The van der Waals surface area contributed by atoms with Crippen LogP contribution in [0.1, 0.15) is 0 Å². The number of nitrogens with two attached hydrogens (primary N) is 1. The lowest BCUT2D eigenvalue weighted by molar-refractivity contribution is -0.384. The first-order chi connectivity index (χ1) is 13.9. The Morgan fingerprint density at radius 3 is 2.52 bits per heavy atom. The molecule has 1 heterocycles. The van der Waals surface area contributed by atoms with Crippen LogP contribution in [-0.4, -0.2) is 28.1 Å². The third-order valence-corrected chi connectivity index (χ3v) is 3.63. The Morgan fingerprint density at radius 1 is 1.10 bits per heavy atom. The summed E-state index contributed by atoms with van der Waals surface area (Å²) in [6.45, 7) is 0. The fourth-order valence-electron chi connectivity index (χ4n) is 2.35. The summed E-state index contributed by atoms with van der Waals surface area (Å²) >= 11 is 0.